The van der Waals surface area contributed by atoms with Crippen LogP contribution >= 0.6 is 0 Å². The number of aryl methyl sites for hydroxylation is 1. The second kappa shape index (κ2) is 8.24. The van der Waals surface area contributed by atoms with Gasteiger partial charge in [0.2, 0.25) is 5.91 Å². The van der Waals surface area contributed by atoms with Crippen LogP contribution < -0.4 is 5.32 Å². The zero-order valence-electron chi connectivity index (χ0n) is 11.2. The number of pyridine rings is 1. The van der Waals surface area contributed by atoms with Crippen molar-refractivity contribution in [2.75, 3.05) is 6.54 Å². The van der Waals surface area contributed by atoms with Crippen molar-refractivity contribution in [3.05, 3.63) is 29.6 Å². The molecule has 0 bridgehead atoms. The molecule has 0 saturated carbocycles. The van der Waals surface area contributed by atoms with Crippen LogP contribution in [0, 0.1) is 6.92 Å². The molecular formula is C14H20N2O3. The number of carbonyl (C=O) groups is 2. The van der Waals surface area contributed by atoms with E-state index in [9.17, 15) is 9.59 Å². The lowest BCUT2D eigenvalue weighted by Gasteiger charge is -2.06. The van der Waals surface area contributed by atoms with Crippen LogP contribution in [0.5, 0.6) is 0 Å². The van der Waals surface area contributed by atoms with E-state index in [1.165, 1.54) is 0 Å². The number of nitrogens with zero attached hydrogens (tertiary/aromatic N) is 1. The van der Waals surface area contributed by atoms with Crippen LogP contribution in [0.2, 0.25) is 0 Å². The third kappa shape index (κ3) is 6.55. The van der Waals surface area contributed by atoms with Gasteiger partial charge in [-0.05, 0) is 31.4 Å². The minimum atomic E-state index is -0.769. The number of amides is 1. The van der Waals surface area contributed by atoms with E-state index in [0.717, 1.165) is 24.1 Å². The van der Waals surface area contributed by atoms with Gasteiger partial charge in [-0.3, -0.25) is 14.6 Å². The zero-order valence-corrected chi connectivity index (χ0v) is 11.2. The fraction of sp³-hybridized carbons (Fsp3) is 0.500. The van der Waals surface area contributed by atoms with Gasteiger partial charge in [0.1, 0.15) is 0 Å². The molecule has 1 heterocycles. The molecule has 0 aliphatic carbocycles. The number of carboxylic acids is 1. The van der Waals surface area contributed by atoms with E-state index in [1.54, 1.807) is 6.20 Å². The van der Waals surface area contributed by atoms with Crippen molar-refractivity contribution in [1.82, 2.24) is 10.3 Å². The summed E-state index contributed by atoms with van der Waals surface area (Å²) in [5.41, 5.74) is 1.81. The number of hydrogen-bond donors (Lipinski definition) is 2. The Morgan fingerprint density at radius 1 is 1.32 bits per heavy atom. The van der Waals surface area contributed by atoms with Crippen LogP contribution in [0.1, 0.15) is 36.9 Å². The van der Waals surface area contributed by atoms with Gasteiger partial charge in [-0.25, -0.2) is 0 Å². The standard InChI is InChI=1S/C14H20N2O3/c1-11-6-5-9-15-12(11)10-13(17)16-8-4-2-3-7-14(18)19/h5-6,9H,2-4,7-8,10H2,1H3,(H,16,17)(H,18,19). The van der Waals surface area contributed by atoms with Gasteiger partial charge < -0.3 is 10.4 Å². The fourth-order valence-electron chi connectivity index (χ4n) is 1.72. The highest BCUT2D eigenvalue weighted by molar-refractivity contribution is 5.78. The number of rotatable bonds is 8. The summed E-state index contributed by atoms with van der Waals surface area (Å²) in [6.07, 6.45) is 4.45. The third-order valence-electron chi connectivity index (χ3n) is 2.84. The lowest BCUT2D eigenvalue weighted by atomic mass is 10.1. The van der Waals surface area contributed by atoms with E-state index in [4.69, 9.17) is 5.11 Å². The van der Waals surface area contributed by atoms with Gasteiger partial charge >= 0.3 is 5.97 Å². The molecular weight excluding hydrogens is 244 g/mol. The highest BCUT2D eigenvalue weighted by atomic mass is 16.4. The minimum Gasteiger partial charge on any atom is -0.481 e. The van der Waals surface area contributed by atoms with Gasteiger partial charge in [-0.15, -0.1) is 0 Å². The van der Waals surface area contributed by atoms with Crippen LogP contribution in [0.4, 0.5) is 0 Å². The molecule has 1 aromatic rings. The third-order valence-corrected chi connectivity index (χ3v) is 2.84. The first-order valence-electron chi connectivity index (χ1n) is 6.48. The summed E-state index contributed by atoms with van der Waals surface area (Å²) in [5, 5.41) is 11.3. The van der Waals surface area contributed by atoms with Gasteiger partial charge in [-0.1, -0.05) is 12.5 Å². The molecule has 1 aromatic heterocycles. The van der Waals surface area contributed by atoms with Crippen molar-refractivity contribution in [1.29, 1.82) is 0 Å². The number of carboxylic acid groups (broad SMARTS) is 1. The Labute approximate surface area is 113 Å². The first-order valence-corrected chi connectivity index (χ1v) is 6.48. The second-order valence-corrected chi connectivity index (χ2v) is 4.50. The first kappa shape index (κ1) is 15.1. The molecule has 1 rings (SSSR count). The number of aliphatic carboxylic acids is 1. The molecule has 0 saturated heterocycles. The van der Waals surface area contributed by atoms with E-state index in [0.29, 0.717) is 19.4 Å². The minimum absolute atomic E-state index is 0.0416. The fourth-order valence-corrected chi connectivity index (χ4v) is 1.72. The molecule has 19 heavy (non-hydrogen) atoms. The molecule has 2 N–H and O–H groups in total. The number of unbranched alkanes of at least 4 members (excludes halogenated alkanes) is 2. The average Bonchev–Trinajstić information content (AvgIpc) is 2.36. The summed E-state index contributed by atoms with van der Waals surface area (Å²) in [7, 11) is 0. The van der Waals surface area contributed by atoms with Crippen LogP contribution in [0.3, 0.4) is 0 Å². The summed E-state index contributed by atoms with van der Waals surface area (Å²) in [6.45, 7) is 2.52. The van der Waals surface area contributed by atoms with Crippen molar-refractivity contribution < 1.29 is 14.7 Å². The highest BCUT2D eigenvalue weighted by Crippen LogP contribution is 2.04. The molecule has 1 amide bonds. The molecule has 0 radical (unpaired) electrons. The monoisotopic (exact) mass is 264 g/mol. The van der Waals surface area contributed by atoms with Crippen LogP contribution in [-0.4, -0.2) is 28.5 Å². The quantitative estimate of drug-likeness (QED) is 0.700. The molecule has 104 valence electrons. The molecule has 0 unspecified atom stereocenters. The van der Waals surface area contributed by atoms with Crippen molar-refractivity contribution in [3.8, 4) is 0 Å². The van der Waals surface area contributed by atoms with Crippen LogP contribution in [-0.2, 0) is 16.0 Å². The second-order valence-electron chi connectivity index (χ2n) is 4.50. The van der Waals surface area contributed by atoms with Crippen LogP contribution in [0.25, 0.3) is 0 Å². The Bertz CT molecular complexity index is 432. The molecule has 0 aromatic carbocycles. The lowest BCUT2D eigenvalue weighted by Crippen LogP contribution is -2.26. The van der Waals surface area contributed by atoms with Crippen molar-refractivity contribution >= 4 is 11.9 Å². The summed E-state index contributed by atoms with van der Waals surface area (Å²) >= 11 is 0. The van der Waals surface area contributed by atoms with Gasteiger partial charge in [-0.2, -0.15) is 0 Å². The summed E-state index contributed by atoms with van der Waals surface area (Å²) in [5.74, 6) is -0.810. The Morgan fingerprint density at radius 2 is 2.11 bits per heavy atom. The lowest BCUT2D eigenvalue weighted by molar-refractivity contribution is -0.137. The molecule has 5 nitrogen and oxygen atoms in total. The molecule has 0 fully saturated rings. The maximum absolute atomic E-state index is 11.7. The highest BCUT2D eigenvalue weighted by Gasteiger charge is 2.06. The maximum Gasteiger partial charge on any atom is 0.303 e. The number of nitrogens with one attached hydrogen (secondary N) is 1. The summed E-state index contributed by atoms with van der Waals surface area (Å²) in [4.78, 5) is 26.1. The van der Waals surface area contributed by atoms with E-state index in [1.807, 2.05) is 19.1 Å². The Morgan fingerprint density at radius 3 is 2.79 bits per heavy atom. The molecule has 5 heteroatoms. The predicted molar refractivity (Wildman–Crippen MR) is 71.8 cm³/mol. The first-order chi connectivity index (χ1) is 9.09. The maximum atomic E-state index is 11.7. The Balaban J connectivity index is 2.15. The molecule has 0 aliphatic heterocycles. The topological polar surface area (TPSA) is 79.3 Å². The van der Waals surface area contributed by atoms with Crippen LogP contribution in [0.15, 0.2) is 18.3 Å². The van der Waals surface area contributed by atoms with Crippen molar-refractivity contribution in [2.45, 2.75) is 39.0 Å². The normalized spacial score (nSPS) is 10.2. The summed E-state index contributed by atoms with van der Waals surface area (Å²) < 4.78 is 0. The zero-order chi connectivity index (χ0) is 14.1. The van der Waals surface area contributed by atoms with Gasteiger partial charge in [0.25, 0.3) is 0 Å². The van der Waals surface area contributed by atoms with E-state index < -0.39 is 5.97 Å². The number of carbonyl (C=O) groups excluding carboxylic acids is 1. The molecule has 0 aliphatic rings. The molecule has 0 atom stereocenters. The largest absolute Gasteiger partial charge is 0.481 e. The smallest absolute Gasteiger partial charge is 0.303 e. The predicted octanol–water partition coefficient (Wildman–Crippen LogP) is 1.69. The molecule has 0 spiro atoms. The Hall–Kier alpha value is -1.91. The van der Waals surface area contributed by atoms with Gasteiger partial charge in [0.15, 0.2) is 0 Å². The number of hydrogen-bond acceptors (Lipinski definition) is 3. The van der Waals surface area contributed by atoms with Gasteiger partial charge in [0, 0.05) is 19.2 Å². The van der Waals surface area contributed by atoms with Crippen molar-refractivity contribution in [3.63, 3.8) is 0 Å². The van der Waals surface area contributed by atoms with Gasteiger partial charge in [0.05, 0.1) is 12.1 Å². The average molecular weight is 264 g/mol. The van der Waals surface area contributed by atoms with Crippen molar-refractivity contribution in [2.24, 2.45) is 0 Å². The number of aromatic nitrogens is 1. The SMILES string of the molecule is Cc1cccnc1CC(=O)NCCCCCC(=O)O. The van der Waals surface area contributed by atoms with E-state index in [-0.39, 0.29) is 12.3 Å². The van der Waals surface area contributed by atoms with E-state index in [2.05, 4.69) is 10.3 Å². The Kier molecular flexibility index (Phi) is 6.57. The summed E-state index contributed by atoms with van der Waals surface area (Å²) in [6, 6.07) is 3.78. The van der Waals surface area contributed by atoms with E-state index >= 15 is 0 Å².